The fourth-order valence-electron chi connectivity index (χ4n) is 17.4. The van der Waals surface area contributed by atoms with E-state index in [-0.39, 0.29) is 88.5 Å². The molecule has 5 nitrogen and oxygen atoms in total. The van der Waals surface area contributed by atoms with Crippen molar-refractivity contribution in [2.24, 2.45) is 0 Å². The van der Waals surface area contributed by atoms with Crippen molar-refractivity contribution in [2.45, 2.75) is 78.6 Å². The maximum Gasteiger partial charge on any atom is 0.255 e. The number of para-hydroxylation sites is 6. The van der Waals surface area contributed by atoms with Gasteiger partial charge in [0.25, 0.3) is 6.71 Å². The minimum atomic E-state index is -1.50. The molecule has 19 aromatic rings. The first-order chi connectivity index (χ1) is 63.9. The summed E-state index contributed by atoms with van der Waals surface area (Å²) in [6, 6.07) is 64.4. The van der Waals surface area contributed by atoms with E-state index in [1.807, 2.05) is 205 Å². The van der Waals surface area contributed by atoms with E-state index in [1.165, 1.54) is 9.13 Å². The molecule has 0 fully saturated rings. The predicted octanol–water partition coefficient (Wildman–Crippen LogP) is 27.3. The minimum absolute atomic E-state index is 0.0383. The van der Waals surface area contributed by atoms with E-state index >= 15 is 0 Å². The highest BCUT2D eigenvalue weighted by Crippen LogP contribution is 2.57. The Balaban J connectivity index is 1.11. The van der Waals surface area contributed by atoms with Crippen LogP contribution in [0.4, 0.5) is 34.1 Å². The zero-order valence-electron chi connectivity index (χ0n) is 84.3. The van der Waals surface area contributed by atoms with Gasteiger partial charge in [-0.2, -0.15) is 0 Å². The number of fused-ring (bicyclic) bond motifs is 13. The van der Waals surface area contributed by atoms with Crippen LogP contribution in [0, 0.1) is 0 Å². The molecule has 21 rings (SSSR count). The summed E-state index contributed by atoms with van der Waals surface area (Å²) in [7, 11) is 0. The second-order valence-corrected chi connectivity index (χ2v) is 32.8. The molecular formula is C108H86BN5. The summed E-state index contributed by atoms with van der Waals surface area (Å²) in [5, 5.41) is 0.247. The van der Waals surface area contributed by atoms with Gasteiger partial charge >= 0.3 is 0 Å². The maximum atomic E-state index is 12.5. The molecule has 6 heteroatoms. The van der Waals surface area contributed by atoms with E-state index in [0.29, 0.717) is 83.4 Å². The van der Waals surface area contributed by atoms with Gasteiger partial charge in [-0.15, -0.1) is 0 Å². The Morgan fingerprint density at radius 1 is 0.246 bits per heavy atom. The van der Waals surface area contributed by atoms with Gasteiger partial charge in [0.1, 0.15) is 0 Å². The molecule has 0 N–H and O–H groups in total. The summed E-state index contributed by atoms with van der Waals surface area (Å²) < 4.78 is 211. The van der Waals surface area contributed by atoms with Crippen LogP contribution >= 0.6 is 0 Å². The number of anilines is 6. The van der Waals surface area contributed by atoms with Crippen LogP contribution in [0.1, 0.15) is 106 Å². The molecule has 0 radical (unpaired) electrons. The van der Waals surface area contributed by atoms with Gasteiger partial charge in [-0.1, -0.05) is 323 Å². The number of rotatable bonds is 10. The second-order valence-electron chi connectivity index (χ2n) is 32.8. The molecule has 0 saturated heterocycles. The van der Waals surface area contributed by atoms with Crippen LogP contribution in [0.15, 0.2) is 357 Å². The van der Waals surface area contributed by atoms with E-state index in [2.05, 4.69) is 109 Å². The molecule has 5 heterocycles. The van der Waals surface area contributed by atoms with Crippen molar-refractivity contribution in [3.63, 3.8) is 0 Å². The number of benzene rings is 16. The van der Waals surface area contributed by atoms with Crippen molar-refractivity contribution < 1.29 is 27.4 Å². The lowest BCUT2D eigenvalue weighted by molar-refractivity contribution is 0.590. The summed E-state index contributed by atoms with van der Waals surface area (Å²) >= 11 is 0. The highest BCUT2D eigenvalue weighted by Gasteiger charge is 2.49. The van der Waals surface area contributed by atoms with E-state index < -0.39 is 144 Å². The number of nitrogens with zero attached hydrogens (tertiary/aromatic N) is 5. The molecule has 0 unspecified atom stereocenters. The fourth-order valence-corrected chi connectivity index (χ4v) is 17.4. The molecule has 3 aromatic heterocycles. The molecule has 0 saturated carbocycles. The SMILES string of the molecule is [2H]c1c(-c2ccccc2)c2c(c([2H])c1-n1c3c([2H])c([2H])c([2H])c([2H])c3c3c([2H])c([2H])c([2H])c([2H])c31)N(c1c(-c3ccccc3)cc(C(C)(C)C)cc1-c1ccccc1)c1cc(C(C)(C)C)cc3c1B2c1c(c([2H])c(-n2c4c([2H])c([2H])c([2H])c([2H])c4c4c([2H])c([2H])c([2H])c([2H])c42)c([2H])c1-n1c2ccccc2c2ccccc21)N3c1c(-c2ccccc2)cc(C(C)(C)C)cc1-c1ccccc1. The molecule has 0 bridgehead atoms. The van der Waals surface area contributed by atoms with Gasteiger partial charge in [-0.25, -0.2) is 0 Å². The standard InChI is InChI=1S/C108H86BN5/c1-106(2,3)74-59-86(70-39-17-11-18-40-70)104(87(60-74)71-41-19-12-20-42-71)113-96-63-76(108(7,8)9)64-97-102(96)109(101-85(69-37-15-10-16-38-69)65-77(66-98(101)113)110-90-53-31-25-47-79(90)80-48-26-32-54-91(80)110)103-99(112-94-57-35-29-51-83(94)84-52-30-36-58-95(84)112)67-78(111-92-55-33-27-49-81(92)82-50-28-34-56-93(82)111)68-100(103)114(97)105-88(72-43-21-13-22-44-72)61-75(107(4,5)6)62-89(105)73-45-23-14-24-46-73/h10-68H,1-9H3/i25D,26D,27D,28D,31D,32D,33D,34D,47D,48D,49D,50D,53D,54D,55D,56D,65D,66D,67D,68D. The van der Waals surface area contributed by atoms with Crippen LogP contribution in [-0.4, -0.2) is 20.4 Å². The molecule has 0 amide bonds. The average molecular weight is 1480 g/mol. The molecule has 114 heavy (non-hydrogen) atoms. The van der Waals surface area contributed by atoms with E-state index in [1.54, 1.807) is 0 Å². The smallest absolute Gasteiger partial charge is 0.255 e. The Morgan fingerprint density at radius 3 is 0.877 bits per heavy atom. The maximum absolute atomic E-state index is 12.5. The van der Waals surface area contributed by atoms with E-state index in [0.717, 1.165) is 33.4 Å². The monoisotopic (exact) mass is 1480 g/mol. The lowest BCUT2D eigenvalue weighted by atomic mass is 9.32. The zero-order valence-corrected chi connectivity index (χ0v) is 64.3. The van der Waals surface area contributed by atoms with Crippen molar-refractivity contribution in [1.82, 2.24) is 13.7 Å². The molecule has 16 aromatic carbocycles. The van der Waals surface area contributed by atoms with Crippen LogP contribution in [0.5, 0.6) is 0 Å². The molecule has 546 valence electrons. The van der Waals surface area contributed by atoms with Gasteiger partial charge in [0, 0.05) is 88.7 Å². The van der Waals surface area contributed by atoms with Crippen LogP contribution in [0.2, 0.25) is 0 Å². The van der Waals surface area contributed by atoms with Crippen LogP contribution in [0.25, 0.3) is 138 Å². The van der Waals surface area contributed by atoms with Crippen molar-refractivity contribution in [1.29, 1.82) is 0 Å². The zero-order chi connectivity index (χ0) is 94.5. The number of hydrogen-bond acceptors (Lipinski definition) is 2. The molecule has 0 atom stereocenters. The topological polar surface area (TPSA) is 21.3 Å². The summed E-state index contributed by atoms with van der Waals surface area (Å²) in [5.41, 5.74) is 8.37. The first-order valence-corrected chi connectivity index (χ1v) is 38.6. The highest BCUT2D eigenvalue weighted by atomic mass is 15.2. The quantitative estimate of drug-likeness (QED) is 0.127. The Kier molecular flexibility index (Phi) is 11.6. The average Bonchev–Trinajstić information content (AvgIpc) is 1.03. The Bertz CT molecular complexity index is 8020. The summed E-state index contributed by atoms with van der Waals surface area (Å²) in [6.07, 6.45) is 0. The third kappa shape index (κ3) is 10.8. The molecular weight excluding hydrogens is 1380 g/mol. The molecule has 0 aliphatic carbocycles. The van der Waals surface area contributed by atoms with Gasteiger partial charge in [0.2, 0.25) is 0 Å². The van der Waals surface area contributed by atoms with Gasteiger partial charge < -0.3 is 23.5 Å². The molecule has 2 aliphatic rings. The summed E-state index contributed by atoms with van der Waals surface area (Å²) in [5.74, 6) is 0. The van der Waals surface area contributed by atoms with Gasteiger partial charge in [-0.05, 0) is 180 Å². The highest BCUT2D eigenvalue weighted by molar-refractivity contribution is 7.02. The van der Waals surface area contributed by atoms with Crippen molar-refractivity contribution in [3.8, 4) is 72.7 Å². The fraction of sp³-hybridized carbons (Fsp3) is 0.111. The number of aromatic nitrogens is 3. The lowest BCUT2D eigenvalue weighted by Crippen LogP contribution is -2.63. The van der Waals surface area contributed by atoms with Gasteiger partial charge in [0.15, 0.2) is 0 Å². The summed E-state index contributed by atoms with van der Waals surface area (Å²) in [4.78, 5) is 4.21. The van der Waals surface area contributed by atoms with Crippen molar-refractivity contribution in [2.75, 3.05) is 9.80 Å². The Labute approximate surface area is 695 Å². The lowest BCUT2D eigenvalue weighted by Gasteiger charge is -2.48. The molecule has 2 aliphatic heterocycles. The van der Waals surface area contributed by atoms with E-state index in [4.69, 9.17) is 0 Å². The van der Waals surface area contributed by atoms with Gasteiger partial charge in [-0.3, -0.25) is 0 Å². The van der Waals surface area contributed by atoms with Crippen LogP contribution < -0.4 is 26.2 Å². The van der Waals surface area contributed by atoms with Crippen molar-refractivity contribution in [3.05, 3.63) is 374 Å². The van der Waals surface area contributed by atoms with Gasteiger partial charge in [0.05, 0.1) is 77.6 Å². The predicted molar refractivity (Wildman–Crippen MR) is 487 cm³/mol. The largest absolute Gasteiger partial charge is 0.310 e. The second kappa shape index (κ2) is 26.1. The first-order valence-electron chi connectivity index (χ1n) is 48.6. The Morgan fingerprint density at radius 2 is 0.526 bits per heavy atom. The van der Waals surface area contributed by atoms with Crippen molar-refractivity contribution >= 4 is 123 Å². The summed E-state index contributed by atoms with van der Waals surface area (Å²) in [6.45, 7) is 17.7. The van der Waals surface area contributed by atoms with Crippen LogP contribution in [0.3, 0.4) is 0 Å². The number of hydrogen-bond donors (Lipinski definition) is 0. The molecule has 0 spiro atoms. The third-order valence-electron chi connectivity index (χ3n) is 22.9. The minimum Gasteiger partial charge on any atom is -0.310 e. The van der Waals surface area contributed by atoms with E-state index in [9.17, 15) is 27.4 Å². The van der Waals surface area contributed by atoms with Crippen LogP contribution in [-0.2, 0) is 16.2 Å². The normalized spacial score (nSPS) is 15.4. The Hall–Kier alpha value is -13.4. The first kappa shape index (κ1) is 50.5. The third-order valence-corrected chi connectivity index (χ3v) is 22.9.